The molecule has 0 atom stereocenters. The third-order valence-corrected chi connectivity index (χ3v) is 3.29. The summed E-state index contributed by atoms with van der Waals surface area (Å²) in [4.78, 5) is 34.8. The van der Waals surface area contributed by atoms with Crippen LogP contribution in [0.3, 0.4) is 0 Å². The van der Waals surface area contributed by atoms with Gasteiger partial charge in [0.25, 0.3) is 5.91 Å². The Balaban J connectivity index is 2.34. The molecule has 0 aliphatic carbocycles. The summed E-state index contributed by atoms with van der Waals surface area (Å²) >= 11 is 0. The fourth-order valence-corrected chi connectivity index (χ4v) is 2.08. The third-order valence-electron chi connectivity index (χ3n) is 3.29. The molecular formula is C18H26N2O6. The van der Waals surface area contributed by atoms with E-state index in [0.717, 1.165) is 5.56 Å². The van der Waals surface area contributed by atoms with Crippen LogP contribution in [0.4, 0.5) is 0 Å². The number of carbonyl (C=O) groups is 3. The molecule has 2 N–H and O–H groups in total. The van der Waals surface area contributed by atoms with Gasteiger partial charge in [-0.05, 0) is 38.0 Å². The van der Waals surface area contributed by atoms with Crippen LogP contribution in [0.25, 0.3) is 0 Å². The largest absolute Gasteiger partial charge is 0.497 e. The number of ether oxygens (including phenoxy) is 3. The molecule has 0 spiro atoms. The zero-order chi connectivity index (χ0) is 19.5. The zero-order valence-corrected chi connectivity index (χ0v) is 15.6. The van der Waals surface area contributed by atoms with Crippen LogP contribution in [0.2, 0.25) is 0 Å². The highest BCUT2D eigenvalue weighted by Gasteiger charge is 2.11. The van der Waals surface area contributed by atoms with Gasteiger partial charge in [0.2, 0.25) is 5.91 Å². The van der Waals surface area contributed by atoms with Gasteiger partial charge in [0.1, 0.15) is 11.5 Å². The average Bonchev–Trinajstić information content (AvgIpc) is 2.61. The molecule has 0 aromatic heterocycles. The second kappa shape index (κ2) is 11.0. The van der Waals surface area contributed by atoms with Crippen LogP contribution in [0.15, 0.2) is 18.2 Å². The molecule has 0 aliphatic heterocycles. The predicted octanol–water partition coefficient (Wildman–Crippen LogP) is 0.820. The number of hydrogen-bond acceptors (Lipinski definition) is 6. The number of amides is 2. The molecule has 0 heterocycles. The lowest BCUT2D eigenvalue weighted by Crippen LogP contribution is -2.41. The van der Waals surface area contributed by atoms with Crippen molar-refractivity contribution in [2.24, 2.45) is 0 Å². The third kappa shape index (κ3) is 8.36. The highest BCUT2D eigenvalue weighted by atomic mass is 16.5. The maximum Gasteiger partial charge on any atom is 0.306 e. The van der Waals surface area contributed by atoms with Crippen molar-refractivity contribution < 1.29 is 28.6 Å². The summed E-state index contributed by atoms with van der Waals surface area (Å²) in [6, 6.07) is 5.33. The Labute approximate surface area is 153 Å². The average molecular weight is 366 g/mol. The van der Waals surface area contributed by atoms with Gasteiger partial charge in [0, 0.05) is 18.5 Å². The van der Waals surface area contributed by atoms with Gasteiger partial charge in [-0.2, -0.15) is 0 Å². The number of aryl methyl sites for hydroxylation is 1. The molecule has 0 saturated carbocycles. The normalized spacial score (nSPS) is 10.2. The Morgan fingerprint density at radius 2 is 1.62 bits per heavy atom. The summed E-state index contributed by atoms with van der Waals surface area (Å²) in [6.45, 7) is 3.06. The molecular weight excluding hydrogens is 340 g/mol. The van der Waals surface area contributed by atoms with E-state index < -0.39 is 18.5 Å². The van der Waals surface area contributed by atoms with Crippen LogP contribution in [0.1, 0.15) is 25.8 Å². The van der Waals surface area contributed by atoms with Gasteiger partial charge >= 0.3 is 5.97 Å². The van der Waals surface area contributed by atoms with Crippen LogP contribution < -0.4 is 20.1 Å². The van der Waals surface area contributed by atoms with E-state index in [-0.39, 0.29) is 24.9 Å². The molecule has 8 nitrogen and oxygen atoms in total. The summed E-state index contributed by atoms with van der Waals surface area (Å²) in [5.41, 5.74) is 0.855. The minimum atomic E-state index is -0.527. The highest BCUT2D eigenvalue weighted by Crippen LogP contribution is 2.23. The molecule has 144 valence electrons. The van der Waals surface area contributed by atoms with Gasteiger partial charge in [-0.1, -0.05) is 0 Å². The van der Waals surface area contributed by atoms with Crippen molar-refractivity contribution in [2.45, 2.75) is 32.7 Å². The van der Waals surface area contributed by atoms with Gasteiger partial charge in [-0.25, -0.2) is 0 Å². The smallest absolute Gasteiger partial charge is 0.306 e. The van der Waals surface area contributed by atoms with E-state index >= 15 is 0 Å². The van der Waals surface area contributed by atoms with Crippen molar-refractivity contribution in [1.82, 2.24) is 10.6 Å². The zero-order valence-electron chi connectivity index (χ0n) is 15.6. The molecule has 2 amide bonds. The van der Waals surface area contributed by atoms with Crippen molar-refractivity contribution in [3.05, 3.63) is 23.8 Å². The van der Waals surface area contributed by atoms with Gasteiger partial charge in [0.05, 0.1) is 20.8 Å². The Hall–Kier alpha value is -2.77. The first-order chi connectivity index (χ1) is 12.3. The summed E-state index contributed by atoms with van der Waals surface area (Å²) in [6.07, 6.45) is 0.530. The second-order valence-electron chi connectivity index (χ2n) is 5.88. The molecule has 0 bridgehead atoms. The Kier molecular flexibility index (Phi) is 8.97. The van der Waals surface area contributed by atoms with E-state index in [1.165, 1.54) is 0 Å². The van der Waals surface area contributed by atoms with E-state index in [0.29, 0.717) is 17.9 Å². The Bertz CT molecular complexity index is 608. The number of hydrogen-bond donors (Lipinski definition) is 2. The maximum absolute atomic E-state index is 11.8. The number of esters is 1. The monoisotopic (exact) mass is 366 g/mol. The summed E-state index contributed by atoms with van der Waals surface area (Å²) in [7, 11) is 3.10. The van der Waals surface area contributed by atoms with Crippen LogP contribution in [0.5, 0.6) is 11.5 Å². The van der Waals surface area contributed by atoms with Gasteiger partial charge < -0.3 is 24.8 Å². The molecule has 1 rings (SSSR count). The fraction of sp³-hybridized carbons (Fsp3) is 0.500. The predicted molar refractivity (Wildman–Crippen MR) is 95.1 cm³/mol. The van der Waals surface area contributed by atoms with E-state index in [1.807, 2.05) is 13.8 Å². The second-order valence-corrected chi connectivity index (χ2v) is 5.88. The van der Waals surface area contributed by atoms with E-state index in [1.54, 1.807) is 32.4 Å². The van der Waals surface area contributed by atoms with Crippen molar-refractivity contribution >= 4 is 17.8 Å². The van der Waals surface area contributed by atoms with E-state index in [4.69, 9.17) is 14.2 Å². The summed E-state index contributed by atoms with van der Waals surface area (Å²) < 4.78 is 15.2. The molecule has 8 heteroatoms. The quantitative estimate of drug-likeness (QED) is 0.594. The van der Waals surface area contributed by atoms with Crippen molar-refractivity contribution in [3.63, 3.8) is 0 Å². The van der Waals surface area contributed by atoms with Gasteiger partial charge in [0.15, 0.2) is 6.61 Å². The van der Waals surface area contributed by atoms with Crippen molar-refractivity contribution in [2.75, 3.05) is 27.4 Å². The number of rotatable bonds is 10. The first-order valence-corrected chi connectivity index (χ1v) is 8.27. The topological polar surface area (TPSA) is 103 Å². The van der Waals surface area contributed by atoms with Crippen LogP contribution in [0, 0.1) is 0 Å². The number of methoxy groups -OCH3 is 2. The van der Waals surface area contributed by atoms with Crippen LogP contribution in [-0.2, 0) is 25.5 Å². The Morgan fingerprint density at radius 3 is 2.15 bits per heavy atom. The number of nitrogens with one attached hydrogen (secondary N) is 2. The highest BCUT2D eigenvalue weighted by molar-refractivity contribution is 5.86. The first kappa shape index (κ1) is 21.3. The van der Waals surface area contributed by atoms with E-state index in [9.17, 15) is 14.4 Å². The molecule has 0 saturated heterocycles. The minimum Gasteiger partial charge on any atom is -0.497 e. The molecule has 0 fully saturated rings. The molecule has 0 aliphatic rings. The minimum absolute atomic E-state index is 0.00698. The van der Waals surface area contributed by atoms with E-state index in [2.05, 4.69) is 10.6 Å². The maximum atomic E-state index is 11.8. The lowest BCUT2D eigenvalue weighted by molar-refractivity contribution is -0.148. The number of benzene rings is 1. The van der Waals surface area contributed by atoms with Crippen molar-refractivity contribution in [3.8, 4) is 11.5 Å². The van der Waals surface area contributed by atoms with Crippen LogP contribution in [-0.4, -0.2) is 51.2 Å². The van der Waals surface area contributed by atoms with Crippen molar-refractivity contribution in [1.29, 1.82) is 0 Å². The van der Waals surface area contributed by atoms with Gasteiger partial charge in [-0.3, -0.25) is 14.4 Å². The van der Waals surface area contributed by atoms with Gasteiger partial charge in [-0.15, -0.1) is 0 Å². The number of carbonyl (C=O) groups excluding carboxylic acids is 3. The molecule has 0 unspecified atom stereocenters. The lowest BCUT2D eigenvalue weighted by atomic mass is 10.1. The van der Waals surface area contributed by atoms with Crippen LogP contribution >= 0.6 is 0 Å². The molecule has 1 aromatic rings. The lowest BCUT2D eigenvalue weighted by Gasteiger charge is -2.10. The molecule has 26 heavy (non-hydrogen) atoms. The molecule has 1 aromatic carbocycles. The summed E-state index contributed by atoms with van der Waals surface area (Å²) in [5, 5.41) is 5.02. The Morgan fingerprint density at radius 1 is 1.00 bits per heavy atom. The molecule has 0 radical (unpaired) electrons. The fourth-order valence-electron chi connectivity index (χ4n) is 2.08. The summed E-state index contributed by atoms with van der Waals surface area (Å²) in [5.74, 6) is -0.0703. The SMILES string of the molecule is COc1cc(CCC(=O)OCC(=O)NCC(=O)NC(C)C)cc(OC)c1. The first-order valence-electron chi connectivity index (χ1n) is 8.27. The standard InChI is InChI=1S/C18H26N2O6/c1-12(2)20-16(21)10-19-17(22)11-26-18(23)6-5-13-7-14(24-3)9-15(8-13)25-4/h7-9,12H,5-6,10-11H2,1-4H3,(H,19,22)(H,20,21).